The molecule has 24 heteroatoms. The molecule has 460 valence electrons. The first-order valence-corrected chi connectivity index (χ1v) is 30.1. The van der Waals surface area contributed by atoms with Crippen LogP contribution in [0.1, 0.15) is 105 Å². The van der Waals surface area contributed by atoms with Crippen LogP contribution in [0.3, 0.4) is 0 Å². The highest BCUT2D eigenvalue weighted by Gasteiger charge is 2.53. The predicted molar refractivity (Wildman–Crippen MR) is 319 cm³/mol. The van der Waals surface area contributed by atoms with E-state index in [1.807, 2.05) is 79.5 Å². The molecule has 4 aliphatic rings. The van der Waals surface area contributed by atoms with Crippen molar-refractivity contribution < 1.29 is 51.4 Å². The number of pyridine rings is 1. The number of rotatable bonds is 20. The Hall–Kier alpha value is -7.54. The SMILES string of the molecule is Cc1ncsc1-c1ccc([C@H](CC(=O)NCCCCC(=O)N2CCN(Cc3cccc(-c4ccc(N5CCN(C)CC5)c(NC(=O)c5c[nH]c(=O)cc5C(F)(F)F)c4)c3)CC2)NC(=O)[C@@H]2C[C@@H](O)CN2C(=O)[C@@H](NC(=O)C2(F)CC2)C(C)(C)C)cc1. The van der Waals surface area contributed by atoms with Crippen molar-refractivity contribution in [2.24, 2.45) is 5.41 Å². The van der Waals surface area contributed by atoms with E-state index in [0.29, 0.717) is 81.7 Å². The summed E-state index contributed by atoms with van der Waals surface area (Å²) in [5, 5.41) is 22.0. The third-order valence-electron chi connectivity index (χ3n) is 16.5. The maximum Gasteiger partial charge on any atom is 0.417 e. The van der Waals surface area contributed by atoms with Gasteiger partial charge in [0, 0.05) is 97.1 Å². The molecule has 19 nitrogen and oxygen atoms in total. The van der Waals surface area contributed by atoms with E-state index < -0.39 is 81.8 Å². The number of aryl methyl sites for hydroxylation is 1. The average molecular weight is 1210 g/mol. The zero-order valence-corrected chi connectivity index (χ0v) is 49.8. The Labute approximate surface area is 500 Å². The van der Waals surface area contributed by atoms with E-state index in [1.54, 1.807) is 32.3 Å². The lowest BCUT2D eigenvalue weighted by atomic mass is 9.85. The van der Waals surface area contributed by atoms with Gasteiger partial charge in [-0.15, -0.1) is 11.3 Å². The molecule has 3 aromatic carbocycles. The van der Waals surface area contributed by atoms with Crippen molar-refractivity contribution in [3.05, 3.63) is 123 Å². The molecule has 9 rings (SSSR count). The molecule has 6 amide bonds. The molecule has 4 atom stereocenters. The van der Waals surface area contributed by atoms with Gasteiger partial charge in [0.05, 0.1) is 57.1 Å². The number of benzene rings is 3. The summed E-state index contributed by atoms with van der Waals surface area (Å²) in [5.74, 6) is -3.47. The third kappa shape index (κ3) is 15.5. The van der Waals surface area contributed by atoms with Crippen molar-refractivity contribution in [3.8, 4) is 21.6 Å². The largest absolute Gasteiger partial charge is 0.417 e. The van der Waals surface area contributed by atoms with Crippen LogP contribution in [0, 0.1) is 12.3 Å². The van der Waals surface area contributed by atoms with Crippen LogP contribution in [0.2, 0.25) is 0 Å². The number of β-amino-alcohol motifs (C(OH)–C–C–N with tert-alkyl or cyclic N) is 1. The number of unbranched alkanes of at least 4 members (excludes halogenated alkanes) is 1. The summed E-state index contributed by atoms with van der Waals surface area (Å²) in [6, 6.07) is 18.0. The molecule has 0 spiro atoms. The summed E-state index contributed by atoms with van der Waals surface area (Å²) < 4.78 is 56.8. The number of H-pyrrole nitrogens is 1. The average Bonchev–Trinajstić information content (AvgIpc) is 2.08. The van der Waals surface area contributed by atoms with Crippen LogP contribution in [0.15, 0.2) is 89.3 Å². The molecule has 0 bridgehead atoms. The van der Waals surface area contributed by atoms with Crippen LogP contribution in [0.5, 0.6) is 0 Å². The fraction of sp³-hybridized carbons (Fsp3) is 0.484. The molecule has 2 aromatic heterocycles. The molecule has 86 heavy (non-hydrogen) atoms. The summed E-state index contributed by atoms with van der Waals surface area (Å²) in [6.45, 7) is 12.8. The standard InChI is InChI=1S/C62H75F4N11O8S/c1-38-54(86-37-69-38)41-14-12-40(13-15-41)47(70-57(83)50-31-44(78)36-77(50)58(84)55(60(2,3)4)72-59(85)61(63)18-19-61)33-52(80)67-20-7-6-11-53(81)76-27-23-74(24-28-76)35-39-9-8-10-42(29-39)43-16-17-49(75-25-21-73(5)22-26-75)48(30-43)71-56(82)45-34-68-51(79)32-46(45)62(64,65)66/h8-10,12-17,29-30,32,34,37,44,47,50,55,78H,6-7,11,18-28,31,33,35-36H2,1-5H3,(H,67,80)(H,68,79)(H,70,83)(H,71,82)(H,72,85)/t44-,47+,50+,55-/m1/s1. The number of nitrogens with zero attached hydrogens (tertiary/aromatic N) is 6. The van der Waals surface area contributed by atoms with Gasteiger partial charge < -0.3 is 51.0 Å². The zero-order chi connectivity index (χ0) is 61.7. The molecule has 6 N–H and O–H groups in total. The van der Waals surface area contributed by atoms with Gasteiger partial charge in [-0.1, -0.05) is 69.3 Å². The zero-order valence-electron chi connectivity index (χ0n) is 49.0. The number of hydrogen-bond donors (Lipinski definition) is 6. The number of halogens is 4. The number of alkyl halides is 4. The number of aliphatic hydroxyl groups excluding tert-OH is 1. The van der Waals surface area contributed by atoms with Crippen LogP contribution >= 0.6 is 11.3 Å². The highest BCUT2D eigenvalue weighted by Crippen LogP contribution is 2.41. The van der Waals surface area contributed by atoms with Gasteiger partial charge in [-0.3, -0.25) is 38.5 Å². The van der Waals surface area contributed by atoms with E-state index in [2.05, 4.69) is 45.9 Å². The smallest absolute Gasteiger partial charge is 0.391 e. The fourth-order valence-corrected chi connectivity index (χ4v) is 12.0. The molecule has 1 saturated carbocycles. The van der Waals surface area contributed by atoms with E-state index in [1.165, 1.54) is 16.2 Å². The van der Waals surface area contributed by atoms with Gasteiger partial charge in [0.25, 0.3) is 11.8 Å². The number of likely N-dealkylation sites (N-methyl/N-ethyl adjacent to an activating group) is 1. The Morgan fingerprint density at radius 1 is 0.860 bits per heavy atom. The van der Waals surface area contributed by atoms with Crippen molar-refractivity contribution in [2.45, 2.75) is 115 Å². The highest BCUT2D eigenvalue weighted by molar-refractivity contribution is 7.13. The molecular formula is C62H75F4N11O8S. The van der Waals surface area contributed by atoms with Crippen molar-refractivity contribution in [2.75, 3.05) is 82.7 Å². The quantitative estimate of drug-likeness (QED) is 0.0355. The second-order valence-electron chi connectivity index (χ2n) is 24.1. The topological polar surface area (TPSA) is 233 Å². The van der Waals surface area contributed by atoms with Gasteiger partial charge in [-0.2, -0.15) is 13.2 Å². The minimum absolute atomic E-state index is 0.00539. The number of hydrogen-bond acceptors (Lipinski definition) is 13. The number of nitrogens with one attached hydrogen (secondary N) is 5. The number of likely N-dealkylation sites (tertiary alicyclic amines) is 1. The first-order chi connectivity index (χ1) is 40.8. The van der Waals surface area contributed by atoms with E-state index in [9.17, 15) is 56.2 Å². The number of anilines is 2. The molecule has 3 aliphatic heterocycles. The first-order valence-electron chi connectivity index (χ1n) is 29.2. The number of aromatic nitrogens is 2. The Morgan fingerprint density at radius 3 is 2.22 bits per heavy atom. The van der Waals surface area contributed by atoms with Crippen LogP contribution in [0.25, 0.3) is 21.6 Å². The van der Waals surface area contributed by atoms with Crippen LogP contribution in [0.4, 0.5) is 28.9 Å². The van der Waals surface area contributed by atoms with Crippen LogP contribution in [-0.2, 0) is 36.7 Å². The van der Waals surface area contributed by atoms with Gasteiger partial charge in [-0.05, 0) is 91.1 Å². The highest BCUT2D eigenvalue weighted by atomic mass is 32.1. The molecular weight excluding hydrogens is 1130 g/mol. The van der Waals surface area contributed by atoms with E-state index >= 15 is 0 Å². The number of thiazole rings is 1. The van der Waals surface area contributed by atoms with Gasteiger partial charge in [0.2, 0.25) is 29.2 Å². The Kier molecular flexibility index (Phi) is 19.5. The molecule has 3 saturated heterocycles. The minimum Gasteiger partial charge on any atom is -0.391 e. The summed E-state index contributed by atoms with van der Waals surface area (Å²) >= 11 is 1.49. The van der Waals surface area contributed by atoms with Gasteiger partial charge in [0.1, 0.15) is 12.1 Å². The predicted octanol–water partition coefficient (Wildman–Crippen LogP) is 6.67. The lowest BCUT2D eigenvalue weighted by Gasteiger charge is -2.36. The van der Waals surface area contributed by atoms with Gasteiger partial charge in [0.15, 0.2) is 5.67 Å². The number of amides is 6. The fourth-order valence-electron chi connectivity index (χ4n) is 11.2. The molecule has 4 fully saturated rings. The Bertz CT molecular complexity index is 3350. The molecule has 5 aromatic rings. The van der Waals surface area contributed by atoms with E-state index in [-0.39, 0.29) is 57.0 Å². The molecule has 1 aliphatic carbocycles. The lowest BCUT2D eigenvalue weighted by Crippen LogP contribution is -2.59. The van der Waals surface area contributed by atoms with Crippen LogP contribution < -0.4 is 31.7 Å². The summed E-state index contributed by atoms with van der Waals surface area (Å²) in [7, 11) is 2.00. The minimum atomic E-state index is -4.93. The van der Waals surface area contributed by atoms with Gasteiger partial charge >= 0.3 is 6.18 Å². The third-order valence-corrected chi connectivity index (χ3v) is 17.4. The molecule has 0 radical (unpaired) electrons. The number of piperazine rings is 2. The lowest BCUT2D eigenvalue weighted by molar-refractivity contribution is -0.145. The second kappa shape index (κ2) is 26.6. The van der Waals surface area contributed by atoms with Crippen molar-refractivity contribution in [1.82, 2.24) is 45.5 Å². The number of carbonyl (C=O) groups excluding carboxylic acids is 6. The first kappa shape index (κ1) is 63.0. The molecule has 5 heterocycles. The maximum atomic E-state index is 14.8. The monoisotopic (exact) mass is 1210 g/mol. The summed E-state index contributed by atoms with van der Waals surface area (Å²) in [6.07, 6.45) is -4.02. The van der Waals surface area contributed by atoms with Crippen molar-refractivity contribution >= 4 is 58.2 Å². The normalized spacial score (nSPS) is 18.9. The number of aliphatic hydroxyl groups is 1. The second-order valence-corrected chi connectivity index (χ2v) is 24.9. The number of aromatic amines is 1. The Balaban J connectivity index is 0.769. The maximum absolute atomic E-state index is 14.8. The Morgan fingerprint density at radius 2 is 1.56 bits per heavy atom. The van der Waals surface area contributed by atoms with Crippen LogP contribution in [-0.4, -0.2) is 166 Å². The van der Waals surface area contributed by atoms with Crippen molar-refractivity contribution in [3.63, 3.8) is 0 Å². The van der Waals surface area contributed by atoms with E-state index in [4.69, 9.17) is 0 Å². The summed E-state index contributed by atoms with van der Waals surface area (Å²) in [4.78, 5) is 111. The van der Waals surface area contributed by atoms with Crippen molar-refractivity contribution in [1.29, 1.82) is 0 Å². The van der Waals surface area contributed by atoms with E-state index in [0.717, 1.165) is 52.1 Å². The number of carbonyl (C=O) groups is 6. The summed E-state index contributed by atoms with van der Waals surface area (Å²) in [5.41, 5.74) is 1.78. The van der Waals surface area contributed by atoms with Gasteiger partial charge in [-0.25, -0.2) is 9.37 Å². The molecule has 0 unspecified atom stereocenters.